The molecule has 0 fully saturated rings. The Bertz CT molecular complexity index is 664. The molecule has 0 aliphatic heterocycles. The highest BCUT2D eigenvalue weighted by molar-refractivity contribution is 5.97. The SMILES string of the molecule is CC(C)(C)c1c(C(=O)O)oc2c(C(C)(C)C)cccc12. The van der Waals surface area contributed by atoms with Crippen molar-refractivity contribution in [2.45, 2.75) is 52.4 Å². The number of fused-ring (bicyclic) bond motifs is 1. The van der Waals surface area contributed by atoms with Crippen LogP contribution in [0.3, 0.4) is 0 Å². The number of hydrogen-bond acceptors (Lipinski definition) is 2. The first-order valence-electron chi connectivity index (χ1n) is 6.83. The lowest BCUT2D eigenvalue weighted by atomic mass is 9.82. The number of rotatable bonds is 1. The zero-order chi connectivity index (χ0) is 15.3. The van der Waals surface area contributed by atoms with E-state index in [2.05, 4.69) is 20.8 Å². The van der Waals surface area contributed by atoms with Crippen molar-refractivity contribution in [3.8, 4) is 0 Å². The number of furan rings is 1. The Morgan fingerprint density at radius 1 is 1.05 bits per heavy atom. The van der Waals surface area contributed by atoms with E-state index in [0.29, 0.717) is 5.58 Å². The van der Waals surface area contributed by atoms with Gasteiger partial charge in [-0.25, -0.2) is 4.79 Å². The molecule has 1 N–H and O–H groups in total. The van der Waals surface area contributed by atoms with Crippen LogP contribution >= 0.6 is 0 Å². The molecule has 0 saturated heterocycles. The zero-order valence-electron chi connectivity index (χ0n) is 13.0. The van der Waals surface area contributed by atoms with Gasteiger partial charge in [-0.1, -0.05) is 59.7 Å². The molecule has 0 aliphatic carbocycles. The van der Waals surface area contributed by atoms with E-state index in [0.717, 1.165) is 16.5 Å². The van der Waals surface area contributed by atoms with E-state index in [4.69, 9.17) is 4.42 Å². The smallest absolute Gasteiger partial charge is 0.372 e. The molecule has 20 heavy (non-hydrogen) atoms. The van der Waals surface area contributed by atoms with Crippen molar-refractivity contribution < 1.29 is 14.3 Å². The lowest BCUT2D eigenvalue weighted by Gasteiger charge is -2.20. The van der Waals surface area contributed by atoms with Crippen LogP contribution in [-0.4, -0.2) is 11.1 Å². The van der Waals surface area contributed by atoms with Crippen LogP contribution in [0.1, 0.15) is 63.2 Å². The fourth-order valence-corrected chi connectivity index (χ4v) is 2.61. The molecule has 1 heterocycles. The molecule has 0 unspecified atom stereocenters. The molecule has 1 aromatic heterocycles. The minimum atomic E-state index is -1.01. The summed E-state index contributed by atoms with van der Waals surface area (Å²) in [6.07, 6.45) is 0. The summed E-state index contributed by atoms with van der Waals surface area (Å²) in [5.74, 6) is -0.949. The summed E-state index contributed by atoms with van der Waals surface area (Å²) in [7, 11) is 0. The summed E-state index contributed by atoms with van der Waals surface area (Å²) < 4.78 is 5.75. The minimum Gasteiger partial charge on any atom is -0.475 e. The molecule has 0 radical (unpaired) electrons. The van der Waals surface area contributed by atoms with Crippen LogP contribution in [0.5, 0.6) is 0 Å². The van der Waals surface area contributed by atoms with Gasteiger partial charge >= 0.3 is 5.97 Å². The Morgan fingerprint density at radius 2 is 1.65 bits per heavy atom. The topological polar surface area (TPSA) is 50.4 Å². The lowest BCUT2D eigenvalue weighted by Crippen LogP contribution is -2.15. The average molecular weight is 274 g/mol. The molecule has 1 aromatic carbocycles. The standard InChI is InChI=1S/C17H22O3/c1-16(2,3)11-9-7-8-10-12(17(4,5)6)14(15(18)19)20-13(10)11/h7-9H,1-6H3,(H,18,19). The normalized spacial score (nSPS) is 12.9. The molecule has 108 valence electrons. The highest BCUT2D eigenvalue weighted by atomic mass is 16.4. The lowest BCUT2D eigenvalue weighted by molar-refractivity contribution is 0.0661. The average Bonchev–Trinajstić information content (AvgIpc) is 2.65. The van der Waals surface area contributed by atoms with E-state index in [1.165, 1.54) is 0 Å². The Labute approximate surface area is 119 Å². The van der Waals surface area contributed by atoms with Gasteiger partial charge in [0, 0.05) is 16.5 Å². The number of carboxylic acid groups (broad SMARTS) is 1. The highest BCUT2D eigenvalue weighted by Gasteiger charge is 2.31. The van der Waals surface area contributed by atoms with Crippen molar-refractivity contribution in [2.75, 3.05) is 0 Å². The van der Waals surface area contributed by atoms with Gasteiger partial charge in [0.25, 0.3) is 0 Å². The first-order chi connectivity index (χ1) is 9.03. The third-order valence-electron chi connectivity index (χ3n) is 3.47. The third-order valence-corrected chi connectivity index (χ3v) is 3.47. The zero-order valence-corrected chi connectivity index (χ0v) is 13.0. The number of carbonyl (C=O) groups is 1. The van der Waals surface area contributed by atoms with Gasteiger partial charge in [0.05, 0.1) is 0 Å². The maximum Gasteiger partial charge on any atom is 0.372 e. The Morgan fingerprint density at radius 3 is 2.10 bits per heavy atom. The molecule has 0 bridgehead atoms. The monoisotopic (exact) mass is 274 g/mol. The summed E-state index contributed by atoms with van der Waals surface area (Å²) in [5.41, 5.74) is 2.12. The van der Waals surface area contributed by atoms with Crippen molar-refractivity contribution >= 4 is 16.9 Å². The predicted molar refractivity (Wildman–Crippen MR) is 80.6 cm³/mol. The van der Waals surface area contributed by atoms with Crippen LogP contribution in [0.15, 0.2) is 22.6 Å². The maximum absolute atomic E-state index is 11.5. The van der Waals surface area contributed by atoms with Crippen molar-refractivity contribution in [1.29, 1.82) is 0 Å². The van der Waals surface area contributed by atoms with E-state index in [-0.39, 0.29) is 16.6 Å². The van der Waals surface area contributed by atoms with E-state index in [1.54, 1.807) is 0 Å². The van der Waals surface area contributed by atoms with E-state index in [9.17, 15) is 9.90 Å². The van der Waals surface area contributed by atoms with Crippen LogP contribution in [-0.2, 0) is 10.8 Å². The van der Waals surface area contributed by atoms with Gasteiger partial charge in [-0.15, -0.1) is 0 Å². The number of benzene rings is 1. The molecule has 0 saturated carbocycles. The molecule has 3 heteroatoms. The fourth-order valence-electron chi connectivity index (χ4n) is 2.61. The fraction of sp³-hybridized carbons (Fsp3) is 0.471. The third kappa shape index (κ3) is 2.33. The molecule has 0 spiro atoms. The summed E-state index contributed by atoms with van der Waals surface area (Å²) in [6.45, 7) is 12.3. The molecule has 0 atom stereocenters. The summed E-state index contributed by atoms with van der Waals surface area (Å²) in [5, 5.41) is 10.3. The van der Waals surface area contributed by atoms with Crippen molar-refractivity contribution in [1.82, 2.24) is 0 Å². The minimum absolute atomic E-state index is 0.0594. The van der Waals surface area contributed by atoms with Crippen molar-refractivity contribution in [2.24, 2.45) is 0 Å². The second-order valence-corrected chi connectivity index (χ2v) is 7.29. The largest absolute Gasteiger partial charge is 0.475 e. The maximum atomic E-state index is 11.5. The van der Waals surface area contributed by atoms with Crippen molar-refractivity contribution in [3.05, 3.63) is 35.1 Å². The molecule has 3 nitrogen and oxygen atoms in total. The van der Waals surface area contributed by atoms with E-state index < -0.39 is 5.97 Å². The quantitative estimate of drug-likeness (QED) is 0.818. The second-order valence-electron chi connectivity index (χ2n) is 7.29. The van der Waals surface area contributed by atoms with Crippen molar-refractivity contribution in [3.63, 3.8) is 0 Å². The number of carboxylic acids is 1. The summed E-state index contributed by atoms with van der Waals surface area (Å²) in [4.78, 5) is 11.5. The van der Waals surface area contributed by atoms with Gasteiger partial charge in [0.15, 0.2) is 0 Å². The van der Waals surface area contributed by atoms with Crippen LogP contribution in [0.2, 0.25) is 0 Å². The highest BCUT2D eigenvalue weighted by Crippen LogP contribution is 2.39. The predicted octanol–water partition coefficient (Wildman–Crippen LogP) is 4.73. The Kier molecular flexibility index (Phi) is 3.20. The number of aromatic carboxylic acids is 1. The van der Waals surface area contributed by atoms with Gasteiger partial charge in [0.1, 0.15) is 5.58 Å². The van der Waals surface area contributed by atoms with Gasteiger partial charge in [-0.3, -0.25) is 0 Å². The first kappa shape index (κ1) is 14.6. The first-order valence-corrected chi connectivity index (χ1v) is 6.83. The summed E-state index contributed by atoms with van der Waals surface area (Å²) in [6, 6.07) is 5.92. The molecule has 0 amide bonds. The number of para-hydroxylation sites is 1. The molecular weight excluding hydrogens is 252 g/mol. The Hall–Kier alpha value is -1.77. The summed E-state index contributed by atoms with van der Waals surface area (Å²) >= 11 is 0. The number of hydrogen-bond donors (Lipinski definition) is 1. The van der Waals surface area contributed by atoms with Crippen LogP contribution < -0.4 is 0 Å². The van der Waals surface area contributed by atoms with E-state index >= 15 is 0 Å². The van der Waals surface area contributed by atoms with Crippen LogP contribution in [0.25, 0.3) is 11.0 Å². The molecule has 0 aliphatic rings. The van der Waals surface area contributed by atoms with E-state index in [1.807, 2.05) is 39.0 Å². The Balaban J connectivity index is 2.92. The molecule has 2 rings (SSSR count). The van der Waals surface area contributed by atoms with Crippen LogP contribution in [0.4, 0.5) is 0 Å². The van der Waals surface area contributed by atoms with Crippen LogP contribution in [0, 0.1) is 0 Å². The van der Waals surface area contributed by atoms with Gasteiger partial charge < -0.3 is 9.52 Å². The second kappa shape index (κ2) is 4.37. The van der Waals surface area contributed by atoms with Gasteiger partial charge in [-0.05, 0) is 10.8 Å². The van der Waals surface area contributed by atoms with Gasteiger partial charge in [-0.2, -0.15) is 0 Å². The molecular formula is C17H22O3. The van der Waals surface area contributed by atoms with Gasteiger partial charge in [0.2, 0.25) is 5.76 Å². The molecule has 2 aromatic rings.